The maximum atomic E-state index is 14.5. The number of thioether (sulfide) groups is 1. The van der Waals surface area contributed by atoms with Crippen LogP contribution in [0.4, 0.5) is 8.78 Å². The Balaban J connectivity index is 1.63. The van der Waals surface area contributed by atoms with Gasteiger partial charge in [0.05, 0.1) is 6.04 Å². The molecule has 1 saturated carbocycles. The molecule has 4 nitrogen and oxygen atoms in total. The zero-order valence-corrected chi connectivity index (χ0v) is 16.6. The first-order valence-corrected chi connectivity index (χ1v) is 10.7. The van der Waals surface area contributed by atoms with Crippen LogP contribution in [0.1, 0.15) is 42.4 Å². The number of halogens is 2. The number of benzene rings is 2. The monoisotopic (exact) mass is 413 g/mol. The summed E-state index contributed by atoms with van der Waals surface area (Å²) in [5.74, 6) is -1.17. The number of nitrogens with two attached hydrogens (primary N) is 1. The van der Waals surface area contributed by atoms with E-state index in [0.717, 1.165) is 55.0 Å². The number of nitrogens with zero attached hydrogens (tertiary/aromatic N) is 2. The van der Waals surface area contributed by atoms with E-state index in [4.69, 9.17) is 5.73 Å². The molecule has 2 N–H and O–H groups in total. The molecule has 2 atom stereocenters. The Kier molecular flexibility index (Phi) is 4.47. The van der Waals surface area contributed by atoms with Gasteiger partial charge in [0.1, 0.15) is 21.5 Å². The van der Waals surface area contributed by atoms with Gasteiger partial charge >= 0.3 is 0 Å². The standard InChI is InChI=1S/C22H21F2N3OS/c23-15-9-10-18(24)16(12-15)20-26-27(21(28)19(25)14-7-8-14)22(29-20)11-3-5-13-4-1-2-6-17(13)22/h1-2,4,6,9-10,12,14,19H,3,5,7-8,11,25H2. The molecule has 0 bridgehead atoms. The molecule has 0 radical (unpaired) electrons. The zero-order chi connectivity index (χ0) is 20.2. The summed E-state index contributed by atoms with van der Waals surface area (Å²) in [7, 11) is 0. The van der Waals surface area contributed by atoms with Crippen molar-refractivity contribution in [3.63, 3.8) is 0 Å². The van der Waals surface area contributed by atoms with E-state index >= 15 is 0 Å². The number of hydrogen-bond acceptors (Lipinski definition) is 4. The van der Waals surface area contributed by atoms with Crippen molar-refractivity contribution < 1.29 is 13.6 Å². The van der Waals surface area contributed by atoms with Crippen LogP contribution in [-0.2, 0) is 16.1 Å². The number of hydrogen-bond donors (Lipinski definition) is 1. The highest BCUT2D eigenvalue weighted by atomic mass is 32.2. The second kappa shape index (κ2) is 6.92. The number of carbonyl (C=O) groups excluding carboxylic acids is 1. The number of amides is 1. The Bertz CT molecular complexity index is 1020. The maximum Gasteiger partial charge on any atom is 0.261 e. The van der Waals surface area contributed by atoms with Crippen LogP contribution in [0.5, 0.6) is 0 Å². The Morgan fingerprint density at radius 2 is 2.03 bits per heavy atom. The van der Waals surface area contributed by atoms with E-state index in [0.29, 0.717) is 11.5 Å². The summed E-state index contributed by atoms with van der Waals surface area (Å²) in [6.45, 7) is 0. The van der Waals surface area contributed by atoms with Crippen molar-refractivity contribution in [2.24, 2.45) is 16.8 Å². The third-order valence-corrected chi connectivity index (χ3v) is 7.41. The van der Waals surface area contributed by atoms with Crippen molar-refractivity contribution in [1.29, 1.82) is 0 Å². The molecule has 2 aromatic rings. The molecule has 1 aliphatic heterocycles. The predicted octanol–water partition coefficient (Wildman–Crippen LogP) is 4.13. The largest absolute Gasteiger partial charge is 0.320 e. The van der Waals surface area contributed by atoms with E-state index in [1.807, 2.05) is 18.2 Å². The minimum atomic E-state index is -0.771. The fourth-order valence-electron chi connectivity index (χ4n) is 4.29. The van der Waals surface area contributed by atoms with Crippen LogP contribution in [0.25, 0.3) is 0 Å². The highest BCUT2D eigenvalue weighted by Crippen LogP contribution is 2.54. The number of fused-ring (bicyclic) bond motifs is 2. The van der Waals surface area contributed by atoms with Crippen molar-refractivity contribution in [3.8, 4) is 0 Å². The predicted molar refractivity (Wildman–Crippen MR) is 109 cm³/mol. The summed E-state index contributed by atoms with van der Waals surface area (Å²) < 4.78 is 28.3. The van der Waals surface area contributed by atoms with Gasteiger partial charge in [0.25, 0.3) is 5.91 Å². The van der Waals surface area contributed by atoms with Crippen molar-refractivity contribution in [3.05, 3.63) is 70.8 Å². The molecule has 2 aliphatic carbocycles. The summed E-state index contributed by atoms with van der Waals surface area (Å²) in [5, 5.41) is 6.33. The number of carbonyl (C=O) groups is 1. The molecule has 1 spiro atoms. The molecule has 2 aromatic carbocycles. The summed E-state index contributed by atoms with van der Waals surface area (Å²) in [6, 6.07) is 10.7. The van der Waals surface area contributed by atoms with Crippen LogP contribution in [0.15, 0.2) is 47.6 Å². The van der Waals surface area contributed by atoms with Crippen molar-refractivity contribution in [1.82, 2.24) is 5.01 Å². The van der Waals surface area contributed by atoms with E-state index < -0.39 is 22.5 Å². The van der Waals surface area contributed by atoms with E-state index in [1.54, 1.807) is 0 Å². The molecule has 150 valence electrons. The Morgan fingerprint density at radius 3 is 2.83 bits per heavy atom. The third-order valence-electron chi connectivity index (χ3n) is 5.98. The molecule has 3 aliphatic rings. The Morgan fingerprint density at radius 1 is 1.24 bits per heavy atom. The summed E-state index contributed by atoms with van der Waals surface area (Å²) in [6.07, 6.45) is 4.35. The molecule has 0 aromatic heterocycles. The van der Waals surface area contributed by atoms with Crippen molar-refractivity contribution in [2.45, 2.75) is 43.0 Å². The number of hydrazone groups is 1. The van der Waals surface area contributed by atoms with Gasteiger partial charge in [-0.05, 0) is 67.3 Å². The van der Waals surface area contributed by atoms with E-state index in [-0.39, 0.29) is 17.4 Å². The Labute approximate surface area is 172 Å². The van der Waals surface area contributed by atoms with E-state index in [9.17, 15) is 13.6 Å². The van der Waals surface area contributed by atoms with Crippen LogP contribution < -0.4 is 5.73 Å². The lowest BCUT2D eigenvalue weighted by molar-refractivity contribution is -0.137. The average Bonchev–Trinajstić information content (AvgIpc) is 3.51. The third kappa shape index (κ3) is 3.07. The lowest BCUT2D eigenvalue weighted by Gasteiger charge is -2.40. The second-order valence-electron chi connectivity index (χ2n) is 7.94. The summed E-state index contributed by atoms with van der Waals surface area (Å²) in [5.41, 5.74) is 8.48. The van der Waals surface area contributed by atoms with Gasteiger partial charge < -0.3 is 5.73 Å². The van der Waals surface area contributed by atoms with Gasteiger partial charge in [-0.2, -0.15) is 5.10 Å². The topological polar surface area (TPSA) is 58.7 Å². The van der Waals surface area contributed by atoms with Crippen molar-refractivity contribution >= 4 is 22.7 Å². The molecule has 2 unspecified atom stereocenters. The SMILES string of the molecule is NC(C(=O)N1N=C(c2cc(F)ccc2F)SC12CCCc1ccccc12)C1CC1. The molecular weight excluding hydrogens is 392 g/mol. The number of rotatable bonds is 3. The first kappa shape index (κ1) is 18.8. The summed E-state index contributed by atoms with van der Waals surface area (Å²) >= 11 is 1.33. The molecule has 7 heteroatoms. The molecule has 29 heavy (non-hydrogen) atoms. The maximum absolute atomic E-state index is 14.5. The van der Waals surface area contributed by atoms with Gasteiger partial charge in [-0.25, -0.2) is 13.8 Å². The highest BCUT2D eigenvalue weighted by molar-refractivity contribution is 8.15. The fraction of sp³-hybridized carbons (Fsp3) is 0.364. The van der Waals surface area contributed by atoms with Crippen LogP contribution >= 0.6 is 11.8 Å². The zero-order valence-electron chi connectivity index (χ0n) is 15.8. The lowest BCUT2D eigenvalue weighted by Crippen LogP contribution is -2.50. The normalized spacial score (nSPS) is 24.4. The molecular formula is C22H21F2N3OS. The van der Waals surface area contributed by atoms with Gasteiger partial charge in [0.2, 0.25) is 0 Å². The van der Waals surface area contributed by atoms with Crippen LogP contribution in [0.3, 0.4) is 0 Å². The first-order chi connectivity index (χ1) is 14.0. The van der Waals surface area contributed by atoms with Gasteiger partial charge in [-0.15, -0.1) is 0 Å². The first-order valence-electron chi connectivity index (χ1n) is 9.91. The van der Waals surface area contributed by atoms with Crippen molar-refractivity contribution in [2.75, 3.05) is 0 Å². The quantitative estimate of drug-likeness (QED) is 0.823. The summed E-state index contributed by atoms with van der Waals surface area (Å²) in [4.78, 5) is 12.6. The molecule has 0 saturated heterocycles. The molecule has 5 rings (SSSR count). The molecule has 1 fully saturated rings. The van der Waals surface area contributed by atoms with Crippen LogP contribution in [0, 0.1) is 17.6 Å². The fourth-order valence-corrected chi connectivity index (χ4v) is 5.77. The molecule has 1 amide bonds. The minimum absolute atomic E-state index is 0.0766. The van der Waals surface area contributed by atoms with Gasteiger partial charge in [0.15, 0.2) is 0 Å². The average molecular weight is 413 g/mol. The minimum Gasteiger partial charge on any atom is -0.320 e. The van der Waals surface area contributed by atoms with E-state index in [1.165, 1.54) is 16.8 Å². The lowest BCUT2D eigenvalue weighted by atomic mass is 9.86. The van der Waals surface area contributed by atoms with Gasteiger partial charge in [-0.3, -0.25) is 4.79 Å². The van der Waals surface area contributed by atoms with Crippen LogP contribution in [-0.4, -0.2) is 22.0 Å². The second-order valence-corrected chi connectivity index (χ2v) is 9.21. The van der Waals surface area contributed by atoms with Crippen LogP contribution in [0.2, 0.25) is 0 Å². The Hall–Kier alpha value is -2.25. The van der Waals surface area contributed by atoms with E-state index in [2.05, 4.69) is 11.2 Å². The smallest absolute Gasteiger partial charge is 0.261 e. The highest BCUT2D eigenvalue weighted by Gasteiger charge is 2.52. The van der Waals surface area contributed by atoms with Gasteiger partial charge in [-0.1, -0.05) is 36.0 Å². The van der Waals surface area contributed by atoms with Gasteiger partial charge in [0, 0.05) is 5.56 Å². The number of aryl methyl sites for hydroxylation is 1. The molecule has 1 heterocycles.